The number of hydrogen-bond acceptors (Lipinski definition) is 3. The molecular formula is C13H16N4O2. The second-order valence-electron chi connectivity index (χ2n) is 4.76. The van der Waals surface area contributed by atoms with Crippen LogP contribution in [-0.2, 0) is 4.79 Å². The molecule has 1 N–H and O–H groups in total. The molecule has 0 aromatic heterocycles. The largest absolute Gasteiger partial charge is 0.389 e. The summed E-state index contributed by atoms with van der Waals surface area (Å²) in [5.41, 5.74) is 9.87. The Morgan fingerprint density at radius 1 is 1.63 bits per heavy atom. The van der Waals surface area contributed by atoms with Gasteiger partial charge in [0, 0.05) is 30.1 Å². The van der Waals surface area contributed by atoms with E-state index < -0.39 is 6.10 Å². The number of aliphatic hydroxyl groups is 1. The summed E-state index contributed by atoms with van der Waals surface area (Å²) >= 11 is 0. The molecule has 0 aliphatic carbocycles. The van der Waals surface area contributed by atoms with Crippen LogP contribution in [0.25, 0.3) is 10.4 Å². The average molecular weight is 260 g/mol. The van der Waals surface area contributed by atoms with Crippen LogP contribution in [0.5, 0.6) is 0 Å². The molecule has 6 heteroatoms. The molecule has 1 fully saturated rings. The van der Waals surface area contributed by atoms with E-state index in [1.54, 1.807) is 11.8 Å². The first-order chi connectivity index (χ1) is 9.11. The van der Waals surface area contributed by atoms with Crippen LogP contribution in [0, 0.1) is 5.92 Å². The summed E-state index contributed by atoms with van der Waals surface area (Å²) < 4.78 is 0. The van der Waals surface area contributed by atoms with Gasteiger partial charge in [0.1, 0.15) is 0 Å². The normalized spacial score (nSPS) is 20.2. The average Bonchev–Trinajstić information content (AvgIpc) is 2.77. The zero-order valence-electron chi connectivity index (χ0n) is 10.7. The molecule has 0 spiro atoms. The molecule has 0 radical (unpaired) electrons. The van der Waals surface area contributed by atoms with Gasteiger partial charge in [-0.15, -0.1) is 0 Å². The van der Waals surface area contributed by atoms with E-state index >= 15 is 0 Å². The Hall–Kier alpha value is -2.04. The molecule has 2 rings (SSSR count). The maximum Gasteiger partial charge on any atom is 0.227 e. The van der Waals surface area contributed by atoms with Crippen molar-refractivity contribution < 1.29 is 9.90 Å². The lowest BCUT2D eigenvalue weighted by molar-refractivity contribution is -0.117. The van der Waals surface area contributed by atoms with Crippen molar-refractivity contribution in [1.29, 1.82) is 0 Å². The van der Waals surface area contributed by atoms with Crippen LogP contribution in [0.4, 0.5) is 5.69 Å². The van der Waals surface area contributed by atoms with Gasteiger partial charge in [0.15, 0.2) is 0 Å². The van der Waals surface area contributed by atoms with Gasteiger partial charge in [-0.3, -0.25) is 4.79 Å². The third kappa shape index (κ3) is 3.05. The van der Waals surface area contributed by atoms with E-state index in [0.717, 1.165) is 11.3 Å². The number of hydrogen-bond donors (Lipinski definition) is 1. The van der Waals surface area contributed by atoms with Crippen molar-refractivity contribution >= 4 is 11.6 Å². The topological polar surface area (TPSA) is 89.3 Å². The molecule has 1 aliphatic heterocycles. The zero-order valence-corrected chi connectivity index (χ0v) is 10.7. The lowest BCUT2D eigenvalue weighted by Gasteiger charge is -2.18. The minimum absolute atomic E-state index is 0.0286. The molecule has 1 amide bonds. The summed E-state index contributed by atoms with van der Waals surface area (Å²) in [5, 5.41) is 13.1. The van der Waals surface area contributed by atoms with E-state index in [-0.39, 0.29) is 11.8 Å². The molecule has 2 atom stereocenters. The van der Waals surface area contributed by atoms with Gasteiger partial charge in [-0.2, -0.15) is 0 Å². The molecule has 0 saturated carbocycles. The fourth-order valence-corrected chi connectivity index (χ4v) is 2.26. The second-order valence-corrected chi connectivity index (χ2v) is 4.76. The first-order valence-electron chi connectivity index (χ1n) is 6.21. The molecule has 1 saturated heterocycles. The van der Waals surface area contributed by atoms with Gasteiger partial charge in [0.25, 0.3) is 0 Å². The first-order valence-corrected chi connectivity index (χ1v) is 6.21. The predicted octanol–water partition coefficient (Wildman–Crippen LogP) is 2.40. The van der Waals surface area contributed by atoms with Crippen LogP contribution in [0.1, 0.15) is 25.0 Å². The number of amides is 1. The van der Waals surface area contributed by atoms with Crippen LogP contribution in [-0.4, -0.2) is 24.1 Å². The van der Waals surface area contributed by atoms with Crippen molar-refractivity contribution in [3.63, 3.8) is 0 Å². The van der Waals surface area contributed by atoms with Gasteiger partial charge in [0.2, 0.25) is 5.91 Å². The minimum atomic E-state index is -0.559. The number of benzene rings is 1. The summed E-state index contributed by atoms with van der Waals surface area (Å²) in [5.74, 6) is 0.0967. The van der Waals surface area contributed by atoms with Crippen molar-refractivity contribution in [3.8, 4) is 0 Å². The SMILES string of the molecule is CC(O)c1cccc(N2CC(CN=[N+]=[N-])CC2=O)c1. The molecule has 0 bridgehead atoms. The smallest absolute Gasteiger partial charge is 0.227 e. The number of nitrogens with zero attached hydrogens (tertiary/aromatic N) is 4. The van der Waals surface area contributed by atoms with E-state index in [0.29, 0.717) is 19.5 Å². The van der Waals surface area contributed by atoms with Crippen LogP contribution in [0.3, 0.4) is 0 Å². The summed E-state index contributed by atoms with van der Waals surface area (Å²) in [6.07, 6.45) is -0.158. The molecule has 100 valence electrons. The summed E-state index contributed by atoms with van der Waals surface area (Å²) in [7, 11) is 0. The molecule has 6 nitrogen and oxygen atoms in total. The van der Waals surface area contributed by atoms with Crippen LogP contribution >= 0.6 is 0 Å². The Balaban J connectivity index is 2.15. The second kappa shape index (κ2) is 5.73. The number of azide groups is 1. The van der Waals surface area contributed by atoms with Crippen molar-refractivity contribution in [2.24, 2.45) is 11.0 Å². The third-order valence-electron chi connectivity index (χ3n) is 3.27. The standard InChI is InChI=1S/C13H16N4O2/c1-9(18)11-3-2-4-12(6-11)17-8-10(5-13(17)19)7-15-16-14/h2-4,6,9-10,18H,5,7-8H2,1H3. The molecule has 2 unspecified atom stereocenters. The number of anilines is 1. The maximum atomic E-state index is 12.0. The van der Waals surface area contributed by atoms with E-state index in [1.165, 1.54) is 0 Å². The summed E-state index contributed by atoms with van der Waals surface area (Å²) in [6, 6.07) is 7.32. The molecule has 1 aromatic carbocycles. The summed E-state index contributed by atoms with van der Waals surface area (Å²) in [6.45, 7) is 2.59. The lowest BCUT2D eigenvalue weighted by Crippen LogP contribution is -2.24. The molecule has 1 heterocycles. The fraction of sp³-hybridized carbons (Fsp3) is 0.462. The van der Waals surface area contributed by atoms with Crippen molar-refractivity contribution in [2.45, 2.75) is 19.4 Å². The highest BCUT2D eigenvalue weighted by atomic mass is 16.3. The predicted molar refractivity (Wildman–Crippen MR) is 71.5 cm³/mol. The van der Waals surface area contributed by atoms with Crippen LogP contribution in [0.2, 0.25) is 0 Å². The Morgan fingerprint density at radius 2 is 2.42 bits per heavy atom. The van der Waals surface area contributed by atoms with Crippen molar-refractivity contribution in [2.75, 3.05) is 18.0 Å². The van der Waals surface area contributed by atoms with E-state index in [4.69, 9.17) is 5.53 Å². The van der Waals surface area contributed by atoms with E-state index in [9.17, 15) is 9.90 Å². The highest BCUT2D eigenvalue weighted by Crippen LogP contribution is 2.27. The number of aliphatic hydroxyl groups excluding tert-OH is 1. The monoisotopic (exact) mass is 260 g/mol. The van der Waals surface area contributed by atoms with Gasteiger partial charge in [-0.1, -0.05) is 17.2 Å². The highest BCUT2D eigenvalue weighted by Gasteiger charge is 2.30. The van der Waals surface area contributed by atoms with Crippen LogP contribution in [0.15, 0.2) is 29.4 Å². The summed E-state index contributed by atoms with van der Waals surface area (Å²) in [4.78, 5) is 16.4. The van der Waals surface area contributed by atoms with Gasteiger partial charge in [-0.05, 0) is 36.1 Å². The maximum absolute atomic E-state index is 12.0. The molecule has 1 aliphatic rings. The molecular weight excluding hydrogens is 244 g/mol. The Bertz CT molecular complexity index is 523. The van der Waals surface area contributed by atoms with Gasteiger partial charge >= 0.3 is 0 Å². The number of rotatable bonds is 4. The Labute approximate surface area is 111 Å². The van der Waals surface area contributed by atoms with Gasteiger partial charge < -0.3 is 10.0 Å². The van der Waals surface area contributed by atoms with Crippen LogP contribution < -0.4 is 4.90 Å². The Morgan fingerprint density at radius 3 is 3.11 bits per heavy atom. The number of carbonyl (C=O) groups is 1. The lowest BCUT2D eigenvalue weighted by atomic mass is 10.1. The molecule has 19 heavy (non-hydrogen) atoms. The van der Waals surface area contributed by atoms with E-state index in [2.05, 4.69) is 10.0 Å². The van der Waals surface area contributed by atoms with Gasteiger partial charge in [-0.25, -0.2) is 0 Å². The fourth-order valence-electron chi connectivity index (χ4n) is 2.26. The minimum Gasteiger partial charge on any atom is -0.389 e. The van der Waals surface area contributed by atoms with Crippen molar-refractivity contribution in [1.82, 2.24) is 0 Å². The highest BCUT2D eigenvalue weighted by molar-refractivity contribution is 5.95. The van der Waals surface area contributed by atoms with E-state index in [1.807, 2.05) is 24.3 Å². The Kier molecular flexibility index (Phi) is 4.04. The third-order valence-corrected chi connectivity index (χ3v) is 3.27. The van der Waals surface area contributed by atoms with Crippen molar-refractivity contribution in [3.05, 3.63) is 40.3 Å². The van der Waals surface area contributed by atoms with Gasteiger partial charge in [0.05, 0.1) is 6.10 Å². The quantitative estimate of drug-likeness (QED) is 0.511. The number of carbonyl (C=O) groups excluding carboxylic acids is 1. The zero-order chi connectivity index (χ0) is 13.8. The first kappa shape index (κ1) is 13.4. The molecule has 1 aromatic rings.